The molecule has 0 spiro atoms. The first-order chi connectivity index (χ1) is 13.0. The maximum atomic E-state index is 11.2. The number of ether oxygens (including phenoxy) is 1. The Morgan fingerprint density at radius 2 is 2.00 bits per heavy atom. The molecule has 8 nitrogen and oxygen atoms in total. The molecule has 0 saturated heterocycles. The van der Waals surface area contributed by atoms with Crippen LogP contribution < -0.4 is 9.46 Å². The molecular formula is C18H17N5O3S. The molecule has 4 rings (SSSR count). The molecule has 138 valence electrons. The molecule has 2 aromatic carbocycles. The Bertz CT molecular complexity index is 1170. The van der Waals surface area contributed by atoms with E-state index in [0.717, 1.165) is 23.0 Å². The SMILES string of the molecule is CS(=O)(=O)Nc1ccc(OCc2nc3ccc(-n4ccnc4)cc3[nH]2)cc1. The minimum atomic E-state index is -3.29. The molecule has 2 heterocycles. The minimum absolute atomic E-state index is 0.272. The lowest BCUT2D eigenvalue weighted by atomic mass is 10.3. The summed E-state index contributed by atoms with van der Waals surface area (Å²) in [7, 11) is -3.29. The number of fused-ring (bicyclic) bond motifs is 1. The summed E-state index contributed by atoms with van der Waals surface area (Å²) in [5.41, 5.74) is 3.24. The van der Waals surface area contributed by atoms with Gasteiger partial charge in [-0.2, -0.15) is 0 Å². The van der Waals surface area contributed by atoms with Crippen LogP contribution in [0, 0.1) is 0 Å². The van der Waals surface area contributed by atoms with Gasteiger partial charge in [0.1, 0.15) is 18.2 Å². The van der Waals surface area contributed by atoms with Crippen molar-refractivity contribution in [2.75, 3.05) is 11.0 Å². The molecule has 0 amide bonds. The van der Waals surface area contributed by atoms with Crippen LogP contribution in [0.25, 0.3) is 16.7 Å². The normalized spacial score (nSPS) is 11.6. The molecule has 0 aliphatic rings. The molecule has 0 fully saturated rings. The van der Waals surface area contributed by atoms with Gasteiger partial charge in [0.2, 0.25) is 10.0 Å². The number of imidazole rings is 2. The molecule has 0 aliphatic carbocycles. The van der Waals surface area contributed by atoms with Crippen molar-refractivity contribution in [1.29, 1.82) is 0 Å². The molecule has 2 aromatic heterocycles. The summed E-state index contributed by atoms with van der Waals surface area (Å²) >= 11 is 0. The second-order valence-electron chi connectivity index (χ2n) is 6.04. The lowest BCUT2D eigenvalue weighted by molar-refractivity contribution is 0.297. The van der Waals surface area contributed by atoms with Crippen LogP contribution >= 0.6 is 0 Å². The average Bonchev–Trinajstić information content (AvgIpc) is 3.28. The van der Waals surface area contributed by atoms with Gasteiger partial charge >= 0.3 is 0 Å². The van der Waals surface area contributed by atoms with Crippen LogP contribution in [-0.2, 0) is 16.6 Å². The predicted molar refractivity (Wildman–Crippen MR) is 102 cm³/mol. The summed E-state index contributed by atoms with van der Waals surface area (Å²) in [5, 5.41) is 0. The van der Waals surface area contributed by atoms with Crippen LogP contribution in [-0.4, -0.2) is 34.2 Å². The third-order valence-electron chi connectivity index (χ3n) is 3.85. The summed E-state index contributed by atoms with van der Waals surface area (Å²) in [5.74, 6) is 1.32. The van der Waals surface area contributed by atoms with Gasteiger partial charge in [0.05, 0.1) is 23.6 Å². The number of benzene rings is 2. The number of nitrogens with zero attached hydrogens (tertiary/aromatic N) is 3. The molecule has 0 unspecified atom stereocenters. The van der Waals surface area contributed by atoms with E-state index in [1.54, 1.807) is 36.8 Å². The third kappa shape index (κ3) is 4.09. The second-order valence-corrected chi connectivity index (χ2v) is 7.79. The summed E-state index contributed by atoms with van der Waals surface area (Å²) in [6.45, 7) is 0.272. The van der Waals surface area contributed by atoms with Crippen molar-refractivity contribution in [3.05, 3.63) is 67.0 Å². The Morgan fingerprint density at radius 3 is 2.70 bits per heavy atom. The topological polar surface area (TPSA) is 102 Å². The Kier molecular flexibility index (Phi) is 4.28. The van der Waals surface area contributed by atoms with Gasteiger partial charge in [0.25, 0.3) is 0 Å². The van der Waals surface area contributed by atoms with E-state index in [1.807, 2.05) is 29.0 Å². The number of anilines is 1. The maximum Gasteiger partial charge on any atom is 0.229 e. The van der Waals surface area contributed by atoms with Gasteiger partial charge in [-0.25, -0.2) is 18.4 Å². The number of sulfonamides is 1. The van der Waals surface area contributed by atoms with Crippen molar-refractivity contribution in [3.8, 4) is 11.4 Å². The van der Waals surface area contributed by atoms with Crippen LogP contribution in [0.1, 0.15) is 5.82 Å². The fourth-order valence-electron chi connectivity index (χ4n) is 2.68. The quantitative estimate of drug-likeness (QED) is 0.533. The highest BCUT2D eigenvalue weighted by atomic mass is 32.2. The van der Waals surface area contributed by atoms with Gasteiger partial charge in [-0.05, 0) is 42.5 Å². The number of hydrogen-bond donors (Lipinski definition) is 2. The third-order valence-corrected chi connectivity index (χ3v) is 4.46. The average molecular weight is 383 g/mol. The van der Waals surface area contributed by atoms with E-state index in [9.17, 15) is 8.42 Å². The van der Waals surface area contributed by atoms with Crippen molar-refractivity contribution >= 4 is 26.7 Å². The summed E-state index contributed by atoms with van der Waals surface area (Å²) < 4.78 is 32.5. The number of aromatic amines is 1. The lowest BCUT2D eigenvalue weighted by Gasteiger charge is -2.06. The molecule has 0 saturated carbocycles. The molecule has 0 bridgehead atoms. The fourth-order valence-corrected chi connectivity index (χ4v) is 3.24. The maximum absolute atomic E-state index is 11.2. The molecule has 4 aromatic rings. The number of rotatable bonds is 6. The standard InChI is InChI=1S/C18H17N5O3S/c1-27(24,25)22-13-2-5-15(6-3-13)26-11-18-20-16-7-4-14(10-17(16)21-18)23-9-8-19-12-23/h2-10,12,22H,11H2,1H3,(H,20,21). The van der Waals surface area contributed by atoms with Crippen molar-refractivity contribution in [3.63, 3.8) is 0 Å². The molecule has 0 aliphatic heterocycles. The van der Waals surface area contributed by atoms with Gasteiger partial charge in [0, 0.05) is 23.8 Å². The molecule has 0 radical (unpaired) electrons. The predicted octanol–water partition coefficient (Wildman–Crippen LogP) is 2.70. The van der Waals surface area contributed by atoms with Gasteiger partial charge in [-0.15, -0.1) is 0 Å². The van der Waals surface area contributed by atoms with E-state index in [2.05, 4.69) is 19.7 Å². The second kappa shape index (κ2) is 6.76. The number of aromatic nitrogens is 4. The summed E-state index contributed by atoms with van der Waals surface area (Å²) in [4.78, 5) is 11.8. The summed E-state index contributed by atoms with van der Waals surface area (Å²) in [6, 6.07) is 12.6. The van der Waals surface area contributed by atoms with Gasteiger partial charge in [-0.3, -0.25) is 4.72 Å². The first kappa shape index (κ1) is 17.1. The van der Waals surface area contributed by atoms with Crippen LogP contribution in [0.15, 0.2) is 61.2 Å². The Morgan fingerprint density at radius 1 is 1.19 bits per heavy atom. The van der Waals surface area contributed by atoms with Crippen molar-refractivity contribution in [2.24, 2.45) is 0 Å². The van der Waals surface area contributed by atoms with Crippen LogP contribution in [0.2, 0.25) is 0 Å². The number of H-pyrrole nitrogens is 1. The van der Waals surface area contributed by atoms with E-state index in [4.69, 9.17) is 4.74 Å². The Labute approximate surface area is 155 Å². The van der Waals surface area contributed by atoms with E-state index < -0.39 is 10.0 Å². The van der Waals surface area contributed by atoms with E-state index in [0.29, 0.717) is 17.3 Å². The zero-order valence-electron chi connectivity index (χ0n) is 14.5. The molecule has 0 atom stereocenters. The number of hydrogen-bond acceptors (Lipinski definition) is 5. The smallest absolute Gasteiger partial charge is 0.229 e. The van der Waals surface area contributed by atoms with E-state index in [-0.39, 0.29) is 6.61 Å². The monoisotopic (exact) mass is 383 g/mol. The highest BCUT2D eigenvalue weighted by Crippen LogP contribution is 2.19. The Hall–Kier alpha value is -3.33. The number of nitrogens with one attached hydrogen (secondary N) is 2. The van der Waals surface area contributed by atoms with Gasteiger partial charge in [0.15, 0.2) is 0 Å². The zero-order valence-corrected chi connectivity index (χ0v) is 15.3. The molecule has 9 heteroatoms. The van der Waals surface area contributed by atoms with E-state index >= 15 is 0 Å². The van der Waals surface area contributed by atoms with Gasteiger partial charge < -0.3 is 14.3 Å². The first-order valence-corrected chi connectivity index (χ1v) is 10.0. The van der Waals surface area contributed by atoms with Crippen molar-refractivity contribution in [2.45, 2.75) is 6.61 Å². The largest absolute Gasteiger partial charge is 0.486 e. The van der Waals surface area contributed by atoms with E-state index in [1.165, 1.54) is 0 Å². The highest BCUT2D eigenvalue weighted by Gasteiger charge is 2.06. The zero-order chi connectivity index (χ0) is 18.9. The fraction of sp³-hybridized carbons (Fsp3) is 0.111. The summed E-state index contributed by atoms with van der Waals surface area (Å²) in [6.07, 6.45) is 6.46. The van der Waals surface area contributed by atoms with Crippen LogP contribution in [0.5, 0.6) is 5.75 Å². The molecular weight excluding hydrogens is 366 g/mol. The minimum Gasteiger partial charge on any atom is -0.486 e. The molecule has 27 heavy (non-hydrogen) atoms. The van der Waals surface area contributed by atoms with Crippen molar-refractivity contribution in [1.82, 2.24) is 19.5 Å². The first-order valence-electron chi connectivity index (χ1n) is 8.14. The van der Waals surface area contributed by atoms with Crippen LogP contribution in [0.3, 0.4) is 0 Å². The Balaban J connectivity index is 1.46. The highest BCUT2D eigenvalue weighted by molar-refractivity contribution is 7.92. The molecule has 2 N–H and O–H groups in total. The van der Waals surface area contributed by atoms with Crippen LogP contribution in [0.4, 0.5) is 5.69 Å². The lowest BCUT2D eigenvalue weighted by Crippen LogP contribution is -2.09. The van der Waals surface area contributed by atoms with Crippen molar-refractivity contribution < 1.29 is 13.2 Å². The van der Waals surface area contributed by atoms with Gasteiger partial charge in [-0.1, -0.05) is 0 Å².